The molecule has 5 heteroatoms. The third kappa shape index (κ3) is 2.80. The molecule has 0 spiro atoms. The molecule has 0 aromatic heterocycles. The summed E-state index contributed by atoms with van der Waals surface area (Å²) in [5, 5.41) is 2.74. The number of nitrogen functional groups attached to an aromatic ring is 1. The molecular weight excluding hydrogens is 230 g/mol. The number of benzene rings is 1. The van der Waals surface area contributed by atoms with Crippen molar-refractivity contribution in [1.82, 2.24) is 4.90 Å². The molecule has 18 heavy (non-hydrogen) atoms. The Morgan fingerprint density at radius 2 is 2.28 bits per heavy atom. The largest absolute Gasteiger partial charge is 0.398 e. The van der Waals surface area contributed by atoms with Crippen molar-refractivity contribution in [3.63, 3.8) is 0 Å². The molecule has 0 atom stereocenters. The number of amides is 2. The second-order valence-corrected chi connectivity index (χ2v) is 4.54. The number of hydrogen-bond acceptors (Lipinski definition) is 3. The molecule has 5 nitrogen and oxygen atoms in total. The van der Waals surface area contributed by atoms with Gasteiger partial charge in [-0.25, -0.2) is 0 Å². The maximum Gasteiger partial charge on any atom is 0.243 e. The summed E-state index contributed by atoms with van der Waals surface area (Å²) in [6.07, 6.45) is 1.38. The molecule has 0 bridgehead atoms. The molecule has 1 fully saturated rings. The van der Waals surface area contributed by atoms with Gasteiger partial charge in [-0.2, -0.15) is 0 Å². The summed E-state index contributed by atoms with van der Waals surface area (Å²) >= 11 is 0. The molecular formula is C13H17N3O2. The van der Waals surface area contributed by atoms with E-state index in [1.807, 2.05) is 13.0 Å². The van der Waals surface area contributed by atoms with Gasteiger partial charge in [0.05, 0.1) is 6.54 Å². The Morgan fingerprint density at radius 3 is 2.89 bits per heavy atom. The van der Waals surface area contributed by atoms with Gasteiger partial charge in [-0.15, -0.1) is 0 Å². The smallest absolute Gasteiger partial charge is 0.243 e. The van der Waals surface area contributed by atoms with Crippen molar-refractivity contribution >= 4 is 23.2 Å². The molecule has 1 aliphatic rings. The van der Waals surface area contributed by atoms with E-state index < -0.39 is 0 Å². The van der Waals surface area contributed by atoms with Crippen LogP contribution in [-0.2, 0) is 9.59 Å². The van der Waals surface area contributed by atoms with Crippen LogP contribution < -0.4 is 11.1 Å². The lowest BCUT2D eigenvalue weighted by Crippen LogP contribution is -2.33. The highest BCUT2D eigenvalue weighted by molar-refractivity contribution is 5.95. The Morgan fingerprint density at radius 1 is 1.50 bits per heavy atom. The molecule has 1 aromatic rings. The Kier molecular flexibility index (Phi) is 3.50. The number of anilines is 2. The van der Waals surface area contributed by atoms with Crippen LogP contribution in [0.4, 0.5) is 11.4 Å². The molecule has 1 aliphatic heterocycles. The molecule has 1 heterocycles. The number of aryl methyl sites for hydroxylation is 1. The van der Waals surface area contributed by atoms with E-state index in [2.05, 4.69) is 5.32 Å². The van der Waals surface area contributed by atoms with Gasteiger partial charge < -0.3 is 16.0 Å². The number of rotatable bonds is 3. The maximum atomic E-state index is 11.8. The maximum absolute atomic E-state index is 11.8. The molecule has 2 rings (SSSR count). The first-order valence-corrected chi connectivity index (χ1v) is 6.00. The molecule has 0 radical (unpaired) electrons. The molecule has 0 unspecified atom stereocenters. The lowest BCUT2D eigenvalue weighted by Gasteiger charge is -2.15. The first-order valence-electron chi connectivity index (χ1n) is 6.00. The average molecular weight is 247 g/mol. The number of nitrogens with two attached hydrogens (primary N) is 1. The molecule has 3 N–H and O–H groups in total. The summed E-state index contributed by atoms with van der Waals surface area (Å²) in [6.45, 7) is 2.69. The summed E-state index contributed by atoms with van der Waals surface area (Å²) < 4.78 is 0. The van der Waals surface area contributed by atoms with E-state index in [-0.39, 0.29) is 18.4 Å². The highest BCUT2D eigenvalue weighted by Gasteiger charge is 2.22. The highest BCUT2D eigenvalue weighted by atomic mass is 16.2. The molecule has 96 valence electrons. The Bertz CT molecular complexity index is 485. The highest BCUT2D eigenvalue weighted by Crippen LogP contribution is 2.17. The number of nitrogens with zero attached hydrogens (tertiary/aromatic N) is 1. The second kappa shape index (κ2) is 5.08. The average Bonchev–Trinajstić information content (AvgIpc) is 2.70. The van der Waals surface area contributed by atoms with Crippen LogP contribution in [0.15, 0.2) is 18.2 Å². The summed E-state index contributed by atoms with van der Waals surface area (Å²) in [7, 11) is 0. The molecule has 0 aliphatic carbocycles. The van der Waals surface area contributed by atoms with Gasteiger partial charge in [0.1, 0.15) is 0 Å². The van der Waals surface area contributed by atoms with Crippen LogP contribution in [0.1, 0.15) is 18.4 Å². The number of likely N-dealkylation sites (tertiary alicyclic amines) is 1. The fraction of sp³-hybridized carbons (Fsp3) is 0.385. The SMILES string of the molecule is Cc1ccc(NC(=O)CN2CCCC2=O)cc1N. The molecule has 0 saturated carbocycles. The van der Waals surface area contributed by atoms with Crippen molar-refractivity contribution in [1.29, 1.82) is 0 Å². The van der Waals surface area contributed by atoms with E-state index in [0.717, 1.165) is 12.0 Å². The topological polar surface area (TPSA) is 75.4 Å². The van der Waals surface area contributed by atoms with Crippen molar-refractivity contribution in [3.05, 3.63) is 23.8 Å². The van der Waals surface area contributed by atoms with Gasteiger partial charge in [-0.3, -0.25) is 9.59 Å². The zero-order chi connectivity index (χ0) is 13.1. The fourth-order valence-corrected chi connectivity index (χ4v) is 1.96. The first-order chi connectivity index (χ1) is 8.56. The lowest BCUT2D eigenvalue weighted by molar-refractivity contribution is -0.131. The minimum atomic E-state index is -0.187. The summed E-state index contributed by atoms with van der Waals surface area (Å²) in [5.74, 6) is -0.137. The molecule has 1 saturated heterocycles. The minimum absolute atomic E-state index is 0.0496. The van der Waals surface area contributed by atoms with Gasteiger partial charge in [0, 0.05) is 24.3 Å². The Labute approximate surface area is 106 Å². The number of carbonyl (C=O) groups is 2. The summed E-state index contributed by atoms with van der Waals surface area (Å²) in [4.78, 5) is 24.7. The summed E-state index contributed by atoms with van der Waals surface area (Å²) in [5.41, 5.74) is 8.05. The monoisotopic (exact) mass is 247 g/mol. The van der Waals surface area contributed by atoms with Crippen molar-refractivity contribution < 1.29 is 9.59 Å². The van der Waals surface area contributed by atoms with E-state index in [1.54, 1.807) is 17.0 Å². The van der Waals surface area contributed by atoms with Crippen LogP contribution in [-0.4, -0.2) is 29.8 Å². The zero-order valence-corrected chi connectivity index (χ0v) is 10.4. The minimum Gasteiger partial charge on any atom is -0.398 e. The van der Waals surface area contributed by atoms with Gasteiger partial charge in [0.2, 0.25) is 11.8 Å². The first kappa shape index (κ1) is 12.4. The molecule has 2 amide bonds. The fourth-order valence-electron chi connectivity index (χ4n) is 1.96. The van der Waals surface area contributed by atoms with Gasteiger partial charge in [0.25, 0.3) is 0 Å². The Hall–Kier alpha value is -2.04. The van der Waals surface area contributed by atoms with E-state index in [4.69, 9.17) is 5.73 Å². The van der Waals surface area contributed by atoms with Crippen LogP contribution in [0, 0.1) is 6.92 Å². The van der Waals surface area contributed by atoms with Crippen LogP contribution >= 0.6 is 0 Å². The predicted molar refractivity (Wildman–Crippen MR) is 70.0 cm³/mol. The second-order valence-electron chi connectivity index (χ2n) is 4.54. The quantitative estimate of drug-likeness (QED) is 0.786. The van der Waals surface area contributed by atoms with Crippen molar-refractivity contribution in [2.45, 2.75) is 19.8 Å². The van der Waals surface area contributed by atoms with E-state index in [1.165, 1.54) is 0 Å². The van der Waals surface area contributed by atoms with Crippen molar-refractivity contribution in [3.8, 4) is 0 Å². The van der Waals surface area contributed by atoms with Crippen LogP contribution in [0.5, 0.6) is 0 Å². The third-order valence-corrected chi connectivity index (χ3v) is 3.07. The van der Waals surface area contributed by atoms with Crippen LogP contribution in [0.2, 0.25) is 0 Å². The summed E-state index contributed by atoms with van der Waals surface area (Å²) in [6, 6.07) is 5.38. The number of carbonyl (C=O) groups excluding carboxylic acids is 2. The van der Waals surface area contributed by atoms with E-state index >= 15 is 0 Å². The lowest BCUT2D eigenvalue weighted by atomic mass is 10.2. The van der Waals surface area contributed by atoms with Crippen LogP contribution in [0.25, 0.3) is 0 Å². The van der Waals surface area contributed by atoms with Crippen molar-refractivity contribution in [2.24, 2.45) is 0 Å². The van der Waals surface area contributed by atoms with Crippen LogP contribution in [0.3, 0.4) is 0 Å². The van der Waals surface area contributed by atoms with Gasteiger partial charge >= 0.3 is 0 Å². The Balaban J connectivity index is 1.94. The number of hydrogen-bond donors (Lipinski definition) is 2. The zero-order valence-electron chi connectivity index (χ0n) is 10.4. The standard InChI is InChI=1S/C13H17N3O2/c1-9-4-5-10(7-11(9)14)15-12(17)8-16-6-2-3-13(16)18/h4-5,7H,2-3,6,8,14H2,1H3,(H,15,17). The third-order valence-electron chi connectivity index (χ3n) is 3.07. The molecule has 1 aromatic carbocycles. The van der Waals surface area contributed by atoms with E-state index in [9.17, 15) is 9.59 Å². The van der Waals surface area contributed by atoms with Crippen molar-refractivity contribution in [2.75, 3.05) is 24.1 Å². The normalized spacial score (nSPS) is 14.9. The van der Waals surface area contributed by atoms with Gasteiger partial charge in [0.15, 0.2) is 0 Å². The number of nitrogens with one attached hydrogen (secondary N) is 1. The predicted octanol–water partition coefficient (Wildman–Crippen LogP) is 1.14. The van der Waals surface area contributed by atoms with Gasteiger partial charge in [-0.05, 0) is 31.0 Å². The van der Waals surface area contributed by atoms with Gasteiger partial charge in [-0.1, -0.05) is 6.07 Å². The van der Waals surface area contributed by atoms with E-state index in [0.29, 0.717) is 24.3 Å².